The molecule has 0 bridgehead atoms. The van der Waals surface area contributed by atoms with Crippen molar-refractivity contribution in [2.75, 3.05) is 24.4 Å². The van der Waals surface area contributed by atoms with Gasteiger partial charge in [0.1, 0.15) is 22.9 Å². The number of piperidine rings is 1. The number of halogens is 3. The summed E-state index contributed by atoms with van der Waals surface area (Å²) < 4.78 is 78.5. The van der Waals surface area contributed by atoms with E-state index in [2.05, 4.69) is 19.4 Å². The molecule has 3 atom stereocenters. The molecule has 1 aromatic heterocycles. The summed E-state index contributed by atoms with van der Waals surface area (Å²) in [4.78, 5) is 2.82. The Kier molecular flexibility index (Phi) is 6.82. The summed E-state index contributed by atoms with van der Waals surface area (Å²) in [6.07, 6.45) is 7.43. The van der Waals surface area contributed by atoms with Crippen LogP contribution in [0.1, 0.15) is 12.8 Å². The first-order valence-corrected chi connectivity index (χ1v) is 12.2. The van der Waals surface area contributed by atoms with E-state index in [-0.39, 0.29) is 41.1 Å². The summed E-state index contributed by atoms with van der Waals surface area (Å²) in [5.41, 5.74) is 0. The van der Waals surface area contributed by atoms with Crippen LogP contribution in [0.2, 0.25) is 0 Å². The molecule has 4 rings (SSSR count). The third-order valence-electron chi connectivity index (χ3n) is 5.62. The fourth-order valence-electron chi connectivity index (χ4n) is 4.03. The van der Waals surface area contributed by atoms with E-state index in [9.17, 15) is 21.6 Å². The highest BCUT2D eigenvalue weighted by Gasteiger charge is 2.32. The maximum atomic E-state index is 14.6. The number of hydrogen-bond acceptors (Lipinski definition) is 7. The predicted molar refractivity (Wildman–Crippen MR) is 113 cm³/mol. The number of sulfonamides is 1. The summed E-state index contributed by atoms with van der Waals surface area (Å²) in [6.45, 7) is 1.55. The van der Waals surface area contributed by atoms with Crippen LogP contribution in [0.3, 0.4) is 0 Å². The van der Waals surface area contributed by atoms with Crippen molar-refractivity contribution in [3.63, 3.8) is 0 Å². The van der Waals surface area contributed by atoms with E-state index in [1.54, 1.807) is 6.08 Å². The summed E-state index contributed by atoms with van der Waals surface area (Å²) in [5, 5.41) is 3.20. The molecule has 2 aliphatic rings. The molecule has 1 saturated heterocycles. The molecule has 1 fully saturated rings. The number of aromatic nitrogens is 2. The first-order chi connectivity index (χ1) is 15.3. The van der Waals surface area contributed by atoms with Crippen LogP contribution >= 0.6 is 11.5 Å². The first-order valence-electron chi connectivity index (χ1n) is 9.99. The molecule has 2 aromatic rings. The van der Waals surface area contributed by atoms with Crippen molar-refractivity contribution >= 4 is 26.7 Å². The van der Waals surface area contributed by atoms with Crippen LogP contribution in [-0.4, -0.2) is 37.5 Å². The normalized spacial score (nSPS) is 23.6. The lowest BCUT2D eigenvalue weighted by Gasteiger charge is -2.36. The lowest BCUT2D eigenvalue weighted by molar-refractivity contribution is 0.129. The van der Waals surface area contributed by atoms with Gasteiger partial charge in [-0.2, -0.15) is 4.37 Å². The van der Waals surface area contributed by atoms with Gasteiger partial charge in [0.05, 0.1) is 6.61 Å². The highest BCUT2D eigenvalue weighted by atomic mass is 32.2. The van der Waals surface area contributed by atoms with Gasteiger partial charge in [0.2, 0.25) is 5.13 Å². The average molecular weight is 487 g/mol. The molecule has 0 amide bonds. The fraction of sp³-hybridized carbons (Fsp3) is 0.400. The quantitative estimate of drug-likeness (QED) is 0.621. The molecule has 1 aliphatic carbocycles. The number of nitrogens with one attached hydrogen (secondary N) is 2. The molecule has 1 aromatic carbocycles. The van der Waals surface area contributed by atoms with Crippen molar-refractivity contribution in [3.05, 3.63) is 54.1 Å². The van der Waals surface area contributed by atoms with Crippen LogP contribution in [0.25, 0.3) is 0 Å². The van der Waals surface area contributed by atoms with E-state index in [0.717, 1.165) is 36.9 Å². The Morgan fingerprint density at radius 3 is 2.81 bits per heavy atom. The van der Waals surface area contributed by atoms with Gasteiger partial charge in [-0.15, -0.1) is 0 Å². The van der Waals surface area contributed by atoms with E-state index in [0.29, 0.717) is 19.0 Å². The Morgan fingerprint density at radius 2 is 2.09 bits per heavy atom. The molecule has 0 saturated carbocycles. The lowest BCUT2D eigenvalue weighted by atomic mass is 9.75. The van der Waals surface area contributed by atoms with Gasteiger partial charge in [-0.1, -0.05) is 6.08 Å². The number of rotatable bonds is 7. The fourth-order valence-corrected chi connectivity index (χ4v) is 5.76. The maximum Gasteiger partial charge on any atom is 0.266 e. The Labute approximate surface area is 187 Å². The van der Waals surface area contributed by atoms with Crippen molar-refractivity contribution < 1.29 is 26.3 Å². The summed E-state index contributed by atoms with van der Waals surface area (Å²) in [6, 6.07) is 1.32. The van der Waals surface area contributed by atoms with Crippen LogP contribution in [0.15, 0.2) is 47.4 Å². The van der Waals surface area contributed by atoms with Crippen LogP contribution in [-0.2, 0) is 10.0 Å². The highest BCUT2D eigenvalue weighted by molar-refractivity contribution is 7.93. The zero-order chi connectivity index (χ0) is 22.7. The monoisotopic (exact) mass is 486 g/mol. The van der Waals surface area contributed by atoms with Crippen molar-refractivity contribution in [2.45, 2.75) is 17.7 Å². The van der Waals surface area contributed by atoms with Gasteiger partial charge in [-0.25, -0.2) is 26.6 Å². The SMILES string of the molecule is O=S(=O)(Nc1ncns1)c1cc(F)c(OCC2CNCCC2C2C=CC(F)=CC2)cc1F. The molecule has 2 N–H and O–H groups in total. The largest absolute Gasteiger partial charge is 0.490 e. The van der Waals surface area contributed by atoms with Crippen molar-refractivity contribution in [1.82, 2.24) is 14.7 Å². The van der Waals surface area contributed by atoms with Gasteiger partial charge in [0, 0.05) is 36.1 Å². The Hall–Kier alpha value is -2.44. The topological polar surface area (TPSA) is 93.2 Å². The molecule has 0 radical (unpaired) electrons. The number of ether oxygens (including phenoxy) is 1. The first kappa shape index (κ1) is 22.7. The van der Waals surface area contributed by atoms with Gasteiger partial charge in [-0.05, 0) is 43.4 Å². The van der Waals surface area contributed by atoms with Gasteiger partial charge < -0.3 is 10.1 Å². The van der Waals surface area contributed by atoms with Crippen molar-refractivity contribution in [2.24, 2.45) is 17.8 Å². The second-order valence-electron chi connectivity index (χ2n) is 7.64. The number of anilines is 1. The molecular weight excluding hydrogens is 465 g/mol. The zero-order valence-corrected chi connectivity index (χ0v) is 18.4. The van der Waals surface area contributed by atoms with Gasteiger partial charge in [0.25, 0.3) is 10.0 Å². The summed E-state index contributed by atoms with van der Waals surface area (Å²) >= 11 is 0.766. The Morgan fingerprint density at radius 1 is 1.25 bits per heavy atom. The average Bonchev–Trinajstić information content (AvgIpc) is 3.27. The van der Waals surface area contributed by atoms with E-state index in [4.69, 9.17) is 4.74 Å². The molecule has 7 nitrogen and oxygen atoms in total. The highest BCUT2D eigenvalue weighted by Crippen LogP contribution is 2.34. The predicted octanol–water partition coefficient (Wildman–Crippen LogP) is 3.65. The zero-order valence-electron chi connectivity index (χ0n) is 16.8. The van der Waals surface area contributed by atoms with E-state index in [1.807, 2.05) is 6.08 Å². The minimum atomic E-state index is -4.38. The Bertz CT molecular complexity index is 1120. The number of benzene rings is 1. The third-order valence-corrected chi connectivity index (χ3v) is 7.68. The molecule has 3 unspecified atom stereocenters. The standard InChI is InChI=1S/C20H21F3N4O3S2/c21-14-3-1-12(2-4-14)15-5-6-24-9-13(15)10-30-18-7-17(23)19(8-16(18)22)32(28,29)27-20-25-11-26-31-20/h1,3-4,7-8,11-13,15,24H,2,5-6,9-10H2,(H,25,26,27). The van der Waals surface area contributed by atoms with Crippen LogP contribution in [0.4, 0.5) is 18.3 Å². The van der Waals surface area contributed by atoms with Gasteiger partial charge in [0.15, 0.2) is 11.6 Å². The number of hydrogen-bond donors (Lipinski definition) is 2. The van der Waals surface area contributed by atoms with Crippen molar-refractivity contribution in [3.8, 4) is 5.75 Å². The minimum Gasteiger partial charge on any atom is -0.490 e. The molecule has 12 heteroatoms. The molecular formula is C20H21F3N4O3S2. The summed E-state index contributed by atoms with van der Waals surface area (Å²) in [7, 11) is -4.38. The molecule has 172 valence electrons. The second kappa shape index (κ2) is 9.59. The maximum absolute atomic E-state index is 14.6. The lowest BCUT2D eigenvalue weighted by Crippen LogP contribution is -2.42. The smallest absolute Gasteiger partial charge is 0.266 e. The summed E-state index contributed by atoms with van der Waals surface area (Å²) in [5.74, 6) is -2.42. The van der Waals surface area contributed by atoms with Crippen LogP contribution in [0.5, 0.6) is 5.75 Å². The van der Waals surface area contributed by atoms with Gasteiger partial charge in [-0.3, -0.25) is 4.72 Å². The van der Waals surface area contributed by atoms with E-state index in [1.165, 1.54) is 6.08 Å². The minimum absolute atomic E-state index is 0.00194. The third kappa shape index (κ3) is 5.13. The molecule has 32 heavy (non-hydrogen) atoms. The molecule has 2 heterocycles. The molecule has 1 aliphatic heterocycles. The van der Waals surface area contributed by atoms with Gasteiger partial charge >= 0.3 is 0 Å². The van der Waals surface area contributed by atoms with Crippen LogP contribution < -0.4 is 14.8 Å². The number of allylic oxidation sites excluding steroid dienone is 4. The second-order valence-corrected chi connectivity index (χ2v) is 10.1. The Balaban J connectivity index is 1.46. The van der Waals surface area contributed by atoms with Crippen LogP contribution in [0, 0.1) is 29.4 Å². The van der Waals surface area contributed by atoms with Crippen molar-refractivity contribution in [1.29, 1.82) is 0 Å². The van der Waals surface area contributed by atoms with E-state index < -0.39 is 26.6 Å². The van der Waals surface area contributed by atoms with E-state index >= 15 is 0 Å². The molecule has 0 spiro atoms. The number of nitrogens with zero attached hydrogens (tertiary/aromatic N) is 2.